The van der Waals surface area contributed by atoms with Gasteiger partial charge in [0, 0.05) is 5.33 Å². The molecule has 0 aliphatic carbocycles. The van der Waals surface area contributed by atoms with Crippen LogP contribution in [0.5, 0.6) is 5.75 Å². The van der Waals surface area contributed by atoms with E-state index in [4.69, 9.17) is 4.74 Å². The van der Waals surface area contributed by atoms with E-state index in [-0.39, 0.29) is 6.10 Å². The number of ether oxygens (including phenoxy) is 1. The van der Waals surface area contributed by atoms with Crippen LogP contribution in [0.2, 0.25) is 0 Å². The topological polar surface area (TPSA) is 9.23 Å². The first-order chi connectivity index (χ1) is 7.11. The molecule has 0 bridgehead atoms. The lowest BCUT2D eigenvalue weighted by Crippen LogP contribution is -2.05. The van der Waals surface area contributed by atoms with Gasteiger partial charge in [0.2, 0.25) is 0 Å². The molecule has 0 aromatic heterocycles. The van der Waals surface area contributed by atoms with E-state index in [2.05, 4.69) is 41.1 Å². The van der Waals surface area contributed by atoms with Crippen LogP contribution in [0.3, 0.4) is 0 Å². The van der Waals surface area contributed by atoms with Gasteiger partial charge in [-0.25, -0.2) is 0 Å². The molecule has 1 aromatic rings. The third kappa shape index (κ3) is 4.52. The van der Waals surface area contributed by atoms with E-state index in [9.17, 15) is 0 Å². The second-order valence-corrected chi connectivity index (χ2v) is 4.42. The van der Waals surface area contributed by atoms with Gasteiger partial charge >= 0.3 is 0 Å². The van der Waals surface area contributed by atoms with E-state index in [0.717, 1.165) is 11.1 Å². The van der Waals surface area contributed by atoms with Crippen LogP contribution in [0.15, 0.2) is 29.8 Å². The molecule has 1 rings (SSSR count). The van der Waals surface area contributed by atoms with Crippen molar-refractivity contribution in [1.82, 2.24) is 0 Å². The second-order valence-electron chi connectivity index (χ2n) is 3.86. The Kier molecular flexibility index (Phi) is 4.89. The summed E-state index contributed by atoms with van der Waals surface area (Å²) in [6, 6.07) is 8.15. The van der Waals surface area contributed by atoms with Crippen molar-refractivity contribution >= 4 is 22.0 Å². The smallest absolute Gasteiger partial charge is 0.120 e. The summed E-state index contributed by atoms with van der Waals surface area (Å²) < 4.78 is 5.63. The van der Waals surface area contributed by atoms with Crippen molar-refractivity contribution in [3.05, 3.63) is 35.4 Å². The SMILES string of the molecule is CC(=Cc1cccc(OC(C)C)c1)CBr. The largest absolute Gasteiger partial charge is 0.491 e. The molecule has 0 atom stereocenters. The summed E-state index contributed by atoms with van der Waals surface area (Å²) in [4.78, 5) is 0. The first-order valence-electron chi connectivity index (χ1n) is 5.11. The van der Waals surface area contributed by atoms with Gasteiger partial charge in [-0.1, -0.05) is 39.7 Å². The summed E-state index contributed by atoms with van der Waals surface area (Å²) in [5, 5.41) is 0.905. The van der Waals surface area contributed by atoms with Crippen molar-refractivity contribution in [2.45, 2.75) is 26.9 Å². The van der Waals surface area contributed by atoms with Crippen molar-refractivity contribution in [1.29, 1.82) is 0 Å². The molecule has 0 heterocycles. The maximum absolute atomic E-state index is 5.63. The molecule has 0 spiro atoms. The highest BCUT2D eigenvalue weighted by Crippen LogP contribution is 2.17. The van der Waals surface area contributed by atoms with Gasteiger partial charge in [0.1, 0.15) is 5.75 Å². The fourth-order valence-electron chi connectivity index (χ4n) is 1.27. The molecule has 0 radical (unpaired) electrons. The lowest BCUT2D eigenvalue weighted by molar-refractivity contribution is 0.242. The Labute approximate surface area is 100 Å². The van der Waals surface area contributed by atoms with Crippen LogP contribution in [0.25, 0.3) is 6.08 Å². The fraction of sp³-hybridized carbons (Fsp3) is 0.385. The van der Waals surface area contributed by atoms with Gasteiger partial charge in [-0.2, -0.15) is 0 Å². The number of halogens is 1. The Hall–Kier alpha value is -0.760. The summed E-state index contributed by atoms with van der Waals surface area (Å²) in [6.45, 7) is 6.17. The van der Waals surface area contributed by atoms with E-state index < -0.39 is 0 Å². The van der Waals surface area contributed by atoms with Crippen LogP contribution in [0.1, 0.15) is 26.3 Å². The number of alkyl halides is 1. The highest BCUT2D eigenvalue weighted by atomic mass is 79.9. The standard InChI is InChI=1S/C13H17BrO/c1-10(2)15-13-6-4-5-12(8-13)7-11(3)9-14/h4-8,10H,9H2,1-3H3. The molecule has 1 nitrogen and oxygen atoms in total. The van der Waals surface area contributed by atoms with Gasteiger partial charge < -0.3 is 4.74 Å². The predicted octanol–water partition coefficient (Wildman–Crippen LogP) is 4.27. The Morgan fingerprint density at radius 1 is 1.47 bits per heavy atom. The molecule has 15 heavy (non-hydrogen) atoms. The van der Waals surface area contributed by atoms with Gasteiger partial charge in [-0.15, -0.1) is 0 Å². The first-order valence-corrected chi connectivity index (χ1v) is 6.24. The third-order valence-corrected chi connectivity index (χ3v) is 2.74. The molecule has 0 aliphatic rings. The number of hydrogen-bond acceptors (Lipinski definition) is 1. The Morgan fingerprint density at radius 3 is 2.80 bits per heavy atom. The van der Waals surface area contributed by atoms with E-state index in [1.54, 1.807) is 0 Å². The summed E-state index contributed by atoms with van der Waals surface area (Å²) in [5.74, 6) is 0.932. The van der Waals surface area contributed by atoms with Crippen molar-refractivity contribution in [2.24, 2.45) is 0 Å². The lowest BCUT2D eigenvalue weighted by Gasteiger charge is -2.09. The van der Waals surface area contributed by atoms with Gasteiger partial charge in [-0.3, -0.25) is 0 Å². The van der Waals surface area contributed by atoms with Gasteiger partial charge in [0.25, 0.3) is 0 Å². The van der Waals surface area contributed by atoms with Crippen molar-refractivity contribution < 1.29 is 4.74 Å². The zero-order valence-corrected chi connectivity index (χ0v) is 11.0. The third-order valence-electron chi connectivity index (χ3n) is 1.85. The molecular formula is C13H17BrO. The summed E-state index contributed by atoms with van der Waals surface area (Å²) in [7, 11) is 0. The predicted molar refractivity (Wildman–Crippen MR) is 69.7 cm³/mol. The van der Waals surface area contributed by atoms with E-state index in [1.165, 1.54) is 11.1 Å². The maximum atomic E-state index is 5.63. The minimum atomic E-state index is 0.224. The van der Waals surface area contributed by atoms with Crippen LogP contribution in [0.4, 0.5) is 0 Å². The molecule has 0 saturated carbocycles. The maximum Gasteiger partial charge on any atom is 0.120 e. The molecule has 0 N–H and O–H groups in total. The summed E-state index contributed by atoms with van der Waals surface area (Å²) >= 11 is 3.43. The highest BCUT2D eigenvalue weighted by molar-refractivity contribution is 9.09. The molecule has 0 aliphatic heterocycles. The average molecular weight is 269 g/mol. The second kappa shape index (κ2) is 5.96. The zero-order valence-electron chi connectivity index (χ0n) is 9.46. The average Bonchev–Trinajstić information content (AvgIpc) is 2.17. The Morgan fingerprint density at radius 2 is 2.20 bits per heavy atom. The molecule has 0 amide bonds. The minimum absolute atomic E-state index is 0.224. The number of hydrogen-bond donors (Lipinski definition) is 0. The molecule has 82 valence electrons. The quantitative estimate of drug-likeness (QED) is 0.741. The zero-order chi connectivity index (χ0) is 11.3. The summed E-state index contributed by atoms with van der Waals surface area (Å²) in [6.07, 6.45) is 2.38. The van der Waals surface area contributed by atoms with Crippen LogP contribution < -0.4 is 4.74 Å². The van der Waals surface area contributed by atoms with Gasteiger partial charge in [0.15, 0.2) is 0 Å². The van der Waals surface area contributed by atoms with Crippen LogP contribution in [-0.2, 0) is 0 Å². The molecule has 0 fully saturated rings. The van der Waals surface area contributed by atoms with E-state index >= 15 is 0 Å². The van der Waals surface area contributed by atoms with Crippen LogP contribution in [-0.4, -0.2) is 11.4 Å². The van der Waals surface area contributed by atoms with Crippen LogP contribution in [0, 0.1) is 0 Å². The molecular weight excluding hydrogens is 252 g/mol. The first kappa shape index (κ1) is 12.3. The Bertz CT molecular complexity index is 342. The van der Waals surface area contributed by atoms with Crippen LogP contribution >= 0.6 is 15.9 Å². The molecule has 0 saturated heterocycles. The van der Waals surface area contributed by atoms with Gasteiger partial charge in [0.05, 0.1) is 6.10 Å². The number of allylic oxidation sites excluding steroid dienone is 1. The number of rotatable bonds is 4. The normalized spacial score (nSPS) is 11.9. The monoisotopic (exact) mass is 268 g/mol. The van der Waals surface area contributed by atoms with Crippen molar-refractivity contribution in [3.8, 4) is 5.75 Å². The van der Waals surface area contributed by atoms with Crippen molar-refractivity contribution in [3.63, 3.8) is 0 Å². The molecule has 1 aromatic carbocycles. The van der Waals surface area contributed by atoms with Crippen molar-refractivity contribution in [2.75, 3.05) is 5.33 Å². The van der Waals surface area contributed by atoms with E-state index in [0.29, 0.717) is 0 Å². The fourth-order valence-corrected chi connectivity index (χ4v) is 1.43. The number of benzene rings is 1. The molecule has 0 unspecified atom stereocenters. The lowest BCUT2D eigenvalue weighted by atomic mass is 10.1. The summed E-state index contributed by atoms with van der Waals surface area (Å²) in [5.41, 5.74) is 2.49. The van der Waals surface area contributed by atoms with Gasteiger partial charge in [-0.05, 0) is 38.5 Å². The minimum Gasteiger partial charge on any atom is -0.491 e. The Balaban J connectivity index is 2.83. The highest BCUT2D eigenvalue weighted by Gasteiger charge is 1.98. The van der Waals surface area contributed by atoms with E-state index in [1.807, 2.05) is 26.0 Å². The molecule has 2 heteroatoms.